The minimum Gasteiger partial charge on any atom is -0.496 e. The molecule has 0 aromatic heterocycles. The topological polar surface area (TPSA) is 32.8 Å². The molecule has 2 aromatic rings. The molecular weight excluding hydrogens is 379 g/mol. The third kappa shape index (κ3) is 5.82. The van der Waals surface area contributed by atoms with Gasteiger partial charge in [0.1, 0.15) is 11.6 Å². The molecule has 1 heterocycles. The zero-order chi connectivity index (χ0) is 21.5. The van der Waals surface area contributed by atoms with Crippen molar-refractivity contribution in [3.63, 3.8) is 0 Å². The van der Waals surface area contributed by atoms with Gasteiger partial charge in [-0.05, 0) is 56.0 Å². The van der Waals surface area contributed by atoms with E-state index >= 15 is 0 Å². The predicted octanol–water partition coefficient (Wildman–Crippen LogP) is 4.84. The van der Waals surface area contributed by atoms with E-state index in [4.69, 9.17) is 4.74 Å². The van der Waals surface area contributed by atoms with Crippen LogP contribution in [0.4, 0.5) is 4.39 Å². The lowest BCUT2D eigenvalue weighted by molar-refractivity contribution is 0.0658. The molecule has 3 rings (SSSR count). The molecule has 4 nitrogen and oxygen atoms in total. The van der Waals surface area contributed by atoms with Gasteiger partial charge in [-0.1, -0.05) is 44.2 Å². The van der Waals surface area contributed by atoms with Gasteiger partial charge in [-0.15, -0.1) is 0 Å². The average Bonchev–Trinajstić information content (AvgIpc) is 2.74. The number of hydrogen-bond acceptors (Lipinski definition) is 3. The summed E-state index contributed by atoms with van der Waals surface area (Å²) < 4.78 is 19.6. The van der Waals surface area contributed by atoms with Gasteiger partial charge in [0, 0.05) is 25.2 Å². The summed E-state index contributed by atoms with van der Waals surface area (Å²) in [4.78, 5) is 17.3. The molecule has 1 fully saturated rings. The number of hydrogen-bond donors (Lipinski definition) is 0. The molecule has 0 aliphatic carbocycles. The molecule has 0 N–H and O–H groups in total. The fourth-order valence-corrected chi connectivity index (χ4v) is 4.20. The number of benzene rings is 2. The molecule has 1 aliphatic heterocycles. The van der Waals surface area contributed by atoms with Crippen LogP contribution < -0.4 is 4.74 Å². The van der Waals surface area contributed by atoms with Crippen LogP contribution in [0.2, 0.25) is 0 Å². The number of carbonyl (C=O) groups is 1. The summed E-state index contributed by atoms with van der Waals surface area (Å²) in [5.74, 6) is 1.07. The van der Waals surface area contributed by atoms with Crippen LogP contribution in [0.25, 0.3) is 0 Å². The number of methoxy groups -OCH3 is 1. The molecule has 0 saturated carbocycles. The van der Waals surface area contributed by atoms with Crippen molar-refractivity contribution in [1.82, 2.24) is 9.80 Å². The maximum atomic E-state index is 14.2. The average molecular weight is 413 g/mol. The number of piperidine rings is 1. The summed E-state index contributed by atoms with van der Waals surface area (Å²) in [5.41, 5.74) is 1.38. The lowest BCUT2D eigenvalue weighted by Crippen LogP contribution is -2.42. The standard InChI is InChI=1S/C25H33FN2O2/c1-19(2)16-28(25(29)22-9-5-6-10-23(22)26)17-20-12-14-27(15-13-20)18-21-8-4-7-11-24(21)30-3/h4-11,19-20H,12-18H2,1-3H3. The van der Waals surface area contributed by atoms with Crippen molar-refractivity contribution >= 4 is 5.91 Å². The molecule has 0 unspecified atom stereocenters. The highest BCUT2D eigenvalue weighted by Crippen LogP contribution is 2.25. The minimum absolute atomic E-state index is 0.173. The van der Waals surface area contributed by atoms with E-state index in [1.54, 1.807) is 25.3 Å². The van der Waals surface area contributed by atoms with Crippen molar-refractivity contribution in [3.8, 4) is 5.75 Å². The summed E-state index contributed by atoms with van der Waals surface area (Å²) in [6, 6.07) is 14.4. The number of rotatable bonds is 8. The first kappa shape index (κ1) is 22.3. The normalized spacial score (nSPS) is 15.4. The predicted molar refractivity (Wildman–Crippen MR) is 118 cm³/mol. The number of para-hydroxylation sites is 1. The van der Waals surface area contributed by atoms with Gasteiger partial charge in [-0.3, -0.25) is 9.69 Å². The van der Waals surface area contributed by atoms with Crippen LogP contribution in [0.3, 0.4) is 0 Å². The monoisotopic (exact) mass is 412 g/mol. The zero-order valence-corrected chi connectivity index (χ0v) is 18.3. The molecular formula is C25H33FN2O2. The van der Waals surface area contributed by atoms with Gasteiger partial charge in [0.05, 0.1) is 12.7 Å². The number of carbonyl (C=O) groups excluding carboxylic acids is 1. The van der Waals surface area contributed by atoms with Gasteiger partial charge in [0.2, 0.25) is 0 Å². The Balaban J connectivity index is 1.59. The fraction of sp³-hybridized carbons (Fsp3) is 0.480. The van der Waals surface area contributed by atoms with Crippen LogP contribution in [0.1, 0.15) is 42.6 Å². The van der Waals surface area contributed by atoms with Crippen molar-refractivity contribution < 1.29 is 13.9 Å². The highest BCUT2D eigenvalue weighted by molar-refractivity contribution is 5.94. The first-order valence-electron chi connectivity index (χ1n) is 10.9. The summed E-state index contributed by atoms with van der Waals surface area (Å²) in [6.07, 6.45) is 2.07. The van der Waals surface area contributed by atoms with E-state index in [9.17, 15) is 9.18 Å². The Hall–Kier alpha value is -2.40. The maximum Gasteiger partial charge on any atom is 0.256 e. The SMILES string of the molecule is COc1ccccc1CN1CCC(CN(CC(C)C)C(=O)c2ccccc2F)CC1. The van der Waals surface area contributed by atoms with Crippen molar-refractivity contribution in [2.24, 2.45) is 11.8 Å². The van der Waals surface area contributed by atoms with E-state index < -0.39 is 5.82 Å². The molecule has 5 heteroatoms. The number of amides is 1. The van der Waals surface area contributed by atoms with Crippen LogP contribution in [-0.2, 0) is 6.54 Å². The third-order valence-corrected chi connectivity index (χ3v) is 5.75. The maximum absolute atomic E-state index is 14.2. The molecule has 1 amide bonds. The minimum atomic E-state index is -0.442. The Morgan fingerprint density at radius 2 is 1.80 bits per heavy atom. The molecule has 30 heavy (non-hydrogen) atoms. The molecule has 0 atom stereocenters. The second-order valence-electron chi connectivity index (χ2n) is 8.62. The van der Waals surface area contributed by atoms with E-state index in [2.05, 4.69) is 24.8 Å². The van der Waals surface area contributed by atoms with Gasteiger partial charge in [0.15, 0.2) is 0 Å². The van der Waals surface area contributed by atoms with E-state index in [-0.39, 0.29) is 11.5 Å². The number of ether oxygens (including phenoxy) is 1. The first-order chi connectivity index (χ1) is 14.5. The number of nitrogens with zero attached hydrogens (tertiary/aromatic N) is 2. The highest BCUT2D eigenvalue weighted by Gasteiger charge is 2.26. The van der Waals surface area contributed by atoms with Gasteiger partial charge in [-0.25, -0.2) is 4.39 Å². The van der Waals surface area contributed by atoms with Crippen LogP contribution in [-0.4, -0.2) is 49.0 Å². The van der Waals surface area contributed by atoms with E-state index in [1.165, 1.54) is 11.6 Å². The second kappa shape index (κ2) is 10.6. The van der Waals surface area contributed by atoms with E-state index in [0.717, 1.165) is 38.2 Å². The van der Waals surface area contributed by atoms with Crippen LogP contribution in [0.15, 0.2) is 48.5 Å². The Bertz CT molecular complexity index is 831. The molecule has 0 spiro atoms. The molecule has 1 aliphatic rings. The summed E-state index contributed by atoms with van der Waals surface area (Å²) in [5, 5.41) is 0. The lowest BCUT2D eigenvalue weighted by Gasteiger charge is -2.35. The summed E-state index contributed by atoms with van der Waals surface area (Å²) in [6.45, 7) is 8.39. The van der Waals surface area contributed by atoms with Crippen molar-refractivity contribution in [1.29, 1.82) is 0 Å². The van der Waals surface area contributed by atoms with Gasteiger partial charge in [-0.2, -0.15) is 0 Å². The van der Waals surface area contributed by atoms with Crippen molar-refractivity contribution in [3.05, 3.63) is 65.5 Å². The van der Waals surface area contributed by atoms with E-state index in [1.807, 2.05) is 23.1 Å². The molecule has 2 aromatic carbocycles. The largest absolute Gasteiger partial charge is 0.496 e. The van der Waals surface area contributed by atoms with E-state index in [0.29, 0.717) is 24.9 Å². The third-order valence-electron chi connectivity index (χ3n) is 5.75. The fourth-order valence-electron chi connectivity index (χ4n) is 4.20. The Morgan fingerprint density at radius 1 is 1.13 bits per heavy atom. The van der Waals surface area contributed by atoms with Gasteiger partial charge in [0.25, 0.3) is 5.91 Å². The summed E-state index contributed by atoms with van der Waals surface area (Å²) in [7, 11) is 1.71. The van der Waals surface area contributed by atoms with Crippen LogP contribution in [0.5, 0.6) is 5.75 Å². The van der Waals surface area contributed by atoms with Crippen LogP contribution >= 0.6 is 0 Å². The Labute approximate surface area is 179 Å². The molecule has 1 saturated heterocycles. The van der Waals surface area contributed by atoms with Crippen LogP contribution in [0, 0.1) is 17.7 Å². The Morgan fingerprint density at radius 3 is 2.47 bits per heavy atom. The van der Waals surface area contributed by atoms with Gasteiger partial charge >= 0.3 is 0 Å². The zero-order valence-electron chi connectivity index (χ0n) is 18.3. The summed E-state index contributed by atoms with van der Waals surface area (Å²) >= 11 is 0. The lowest BCUT2D eigenvalue weighted by atomic mass is 9.95. The molecule has 162 valence electrons. The quantitative estimate of drug-likeness (QED) is 0.622. The highest BCUT2D eigenvalue weighted by atomic mass is 19.1. The molecule has 0 bridgehead atoms. The smallest absolute Gasteiger partial charge is 0.256 e. The first-order valence-corrected chi connectivity index (χ1v) is 10.9. The van der Waals surface area contributed by atoms with Gasteiger partial charge < -0.3 is 9.64 Å². The number of halogens is 1. The van der Waals surface area contributed by atoms with Crippen molar-refractivity contribution in [2.75, 3.05) is 33.3 Å². The Kier molecular flexibility index (Phi) is 7.86. The number of likely N-dealkylation sites (tertiary alicyclic amines) is 1. The van der Waals surface area contributed by atoms with Crippen molar-refractivity contribution in [2.45, 2.75) is 33.2 Å². The second-order valence-corrected chi connectivity index (χ2v) is 8.62. The molecule has 0 radical (unpaired) electrons.